The van der Waals surface area contributed by atoms with Crippen molar-refractivity contribution in [2.45, 2.75) is 45.7 Å². The van der Waals surface area contributed by atoms with E-state index in [1.54, 1.807) is 23.5 Å². The zero-order valence-electron chi connectivity index (χ0n) is 17.7. The molecule has 0 aliphatic carbocycles. The van der Waals surface area contributed by atoms with Gasteiger partial charge in [-0.15, -0.1) is 11.3 Å². The molecule has 3 aromatic rings. The summed E-state index contributed by atoms with van der Waals surface area (Å²) in [5.74, 6) is -1.24. The molecule has 0 spiro atoms. The lowest BCUT2D eigenvalue weighted by molar-refractivity contribution is 0.0696. The maximum absolute atomic E-state index is 12.9. The minimum Gasteiger partial charge on any atom is -0.478 e. The number of hydrogen-bond acceptors (Lipinski definition) is 5. The number of aromatic carboxylic acids is 1. The number of carbonyl (C=O) groups excluding carboxylic acids is 1. The predicted molar refractivity (Wildman–Crippen MR) is 122 cm³/mol. The van der Waals surface area contributed by atoms with Gasteiger partial charge in [0.1, 0.15) is 5.69 Å². The third kappa shape index (κ3) is 4.80. The van der Waals surface area contributed by atoms with E-state index in [9.17, 15) is 9.59 Å². The number of nitrogens with zero attached hydrogens (tertiary/aromatic N) is 3. The van der Waals surface area contributed by atoms with E-state index in [4.69, 9.17) is 10.1 Å². The number of benzene rings is 1. The first-order chi connectivity index (χ1) is 14.9. The van der Waals surface area contributed by atoms with E-state index in [0.717, 1.165) is 22.9 Å². The molecule has 1 fully saturated rings. The van der Waals surface area contributed by atoms with Crippen LogP contribution >= 0.6 is 11.3 Å². The monoisotopic (exact) mass is 438 g/mol. The summed E-state index contributed by atoms with van der Waals surface area (Å²) in [7, 11) is 0. The van der Waals surface area contributed by atoms with E-state index >= 15 is 0 Å². The molecule has 1 aliphatic heterocycles. The van der Waals surface area contributed by atoms with Crippen LogP contribution in [-0.2, 0) is 6.54 Å². The standard InChI is InChI=1S/C23H26N4O3S/c1-15-11-20(21(28)24-18-8-6-17(7-9-18)22(29)30)26(12-15)13-19-14-31-23(25-19)27-10-4-3-5-16(27)2/h6-9,11-12,14,16H,3-5,10,13H2,1-2H3,(H,24,28)(H,29,30). The van der Waals surface area contributed by atoms with E-state index in [-0.39, 0.29) is 11.5 Å². The summed E-state index contributed by atoms with van der Waals surface area (Å²) in [5, 5.41) is 15.0. The topological polar surface area (TPSA) is 87.5 Å². The van der Waals surface area contributed by atoms with Crippen molar-refractivity contribution in [2.75, 3.05) is 16.8 Å². The molecular formula is C23H26N4O3S. The number of hydrogen-bond donors (Lipinski definition) is 2. The Balaban J connectivity index is 1.48. The van der Waals surface area contributed by atoms with E-state index in [1.807, 2.05) is 23.8 Å². The van der Waals surface area contributed by atoms with Crippen LogP contribution in [0.4, 0.5) is 10.8 Å². The minimum absolute atomic E-state index is 0.180. The molecule has 1 aromatic carbocycles. The van der Waals surface area contributed by atoms with Gasteiger partial charge in [0.2, 0.25) is 0 Å². The molecular weight excluding hydrogens is 412 g/mol. The van der Waals surface area contributed by atoms with Crippen molar-refractivity contribution in [3.05, 3.63) is 64.4 Å². The van der Waals surface area contributed by atoms with Crippen LogP contribution in [0.25, 0.3) is 0 Å². The molecule has 4 rings (SSSR count). The van der Waals surface area contributed by atoms with Crippen LogP contribution in [0, 0.1) is 6.92 Å². The van der Waals surface area contributed by atoms with Gasteiger partial charge in [-0.05, 0) is 69.0 Å². The second-order valence-corrected chi connectivity index (χ2v) is 8.86. The van der Waals surface area contributed by atoms with E-state index in [0.29, 0.717) is 24.0 Å². The molecule has 0 bridgehead atoms. The van der Waals surface area contributed by atoms with Crippen molar-refractivity contribution in [1.29, 1.82) is 0 Å². The van der Waals surface area contributed by atoms with Crippen LogP contribution in [-0.4, -0.2) is 39.1 Å². The van der Waals surface area contributed by atoms with Gasteiger partial charge >= 0.3 is 5.97 Å². The number of carboxylic acids is 1. The lowest BCUT2D eigenvalue weighted by Gasteiger charge is -2.33. The molecule has 2 aromatic heterocycles. The van der Waals surface area contributed by atoms with Crippen molar-refractivity contribution in [1.82, 2.24) is 9.55 Å². The average Bonchev–Trinajstić information content (AvgIpc) is 3.35. The Morgan fingerprint density at radius 3 is 2.74 bits per heavy atom. The van der Waals surface area contributed by atoms with E-state index in [2.05, 4.69) is 22.5 Å². The lowest BCUT2D eigenvalue weighted by Crippen LogP contribution is -2.37. The molecule has 31 heavy (non-hydrogen) atoms. The molecule has 1 atom stereocenters. The first kappa shape index (κ1) is 21.1. The van der Waals surface area contributed by atoms with Gasteiger partial charge in [-0.25, -0.2) is 9.78 Å². The molecule has 1 aliphatic rings. The van der Waals surface area contributed by atoms with E-state index in [1.165, 1.54) is 31.4 Å². The van der Waals surface area contributed by atoms with Gasteiger partial charge in [0.25, 0.3) is 5.91 Å². The molecule has 8 heteroatoms. The molecule has 7 nitrogen and oxygen atoms in total. The van der Waals surface area contributed by atoms with Gasteiger partial charge in [0.05, 0.1) is 17.8 Å². The summed E-state index contributed by atoms with van der Waals surface area (Å²) in [5.41, 5.74) is 3.20. The Morgan fingerprint density at radius 2 is 2.03 bits per heavy atom. The Morgan fingerprint density at radius 1 is 1.26 bits per heavy atom. The highest BCUT2D eigenvalue weighted by Gasteiger charge is 2.21. The number of piperidine rings is 1. The Hall–Kier alpha value is -3.13. The van der Waals surface area contributed by atoms with Gasteiger partial charge < -0.3 is 19.9 Å². The van der Waals surface area contributed by atoms with Crippen molar-refractivity contribution in [2.24, 2.45) is 0 Å². The number of aromatic nitrogens is 2. The fourth-order valence-electron chi connectivity index (χ4n) is 3.93. The third-order valence-electron chi connectivity index (χ3n) is 5.58. The number of carbonyl (C=O) groups is 2. The summed E-state index contributed by atoms with van der Waals surface area (Å²) in [6.07, 6.45) is 5.62. The molecule has 1 amide bonds. The quantitative estimate of drug-likeness (QED) is 0.586. The van der Waals surface area contributed by atoms with Gasteiger partial charge in [-0.2, -0.15) is 0 Å². The number of anilines is 2. The maximum Gasteiger partial charge on any atom is 0.335 e. The van der Waals surface area contributed by atoms with Crippen molar-refractivity contribution >= 4 is 34.0 Å². The van der Waals surface area contributed by atoms with Gasteiger partial charge in [0.15, 0.2) is 5.13 Å². The van der Waals surface area contributed by atoms with Crippen molar-refractivity contribution < 1.29 is 14.7 Å². The summed E-state index contributed by atoms with van der Waals surface area (Å²) in [4.78, 5) is 31.1. The third-order valence-corrected chi connectivity index (χ3v) is 6.50. The summed E-state index contributed by atoms with van der Waals surface area (Å²) >= 11 is 1.66. The highest BCUT2D eigenvalue weighted by molar-refractivity contribution is 7.13. The zero-order chi connectivity index (χ0) is 22.0. The highest BCUT2D eigenvalue weighted by Crippen LogP contribution is 2.28. The Kier molecular flexibility index (Phi) is 6.08. The first-order valence-electron chi connectivity index (χ1n) is 10.4. The van der Waals surface area contributed by atoms with E-state index < -0.39 is 5.97 Å². The smallest absolute Gasteiger partial charge is 0.335 e. The fourth-order valence-corrected chi connectivity index (χ4v) is 4.87. The molecule has 3 heterocycles. The van der Waals surface area contributed by atoms with Crippen molar-refractivity contribution in [3.63, 3.8) is 0 Å². The Labute approximate surface area is 185 Å². The molecule has 1 unspecified atom stereocenters. The van der Waals surface area contributed by atoms with Crippen LogP contribution in [0.3, 0.4) is 0 Å². The summed E-state index contributed by atoms with van der Waals surface area (Å²) in [6.45, 7) is 5.77. The Bertz CT molecular complexity index is 1090. The normalized spacial score (nSPS) is 16.3. The summed E-state index contributed by atoms with van der Waals surface area (Å²) in [6, 6.07) is 8.49. The first-order valence-corrected chi connectivity index (χ1v) is 11.3. The largest absolute Gasteiger partial charge is 0.478 e. The fraction of sp³-hybridized carbons (Fsp3) is 0.348. The van der Waals surface area contributed by atoms with Crippen LogP contribution in [0.1, 0.15) is 58.3 Å². The number of aryl methyl sites for hydroxylation is 1. The highest BCUT2D eigenvalue weighted by atomic mass is 32.1. The molecule has 162 valence electrons. The molecule has 2 N–H and O–H groups in total. The number of carboxylic acid groups (broad SMARTS) is 1. The lowest BCUT2D eigenvalue weighted by atomic mass is 10.1. The van der Waals surface area contributed by atoms with Crippen LogP contribution in [0.2, 0.25) is 0 Å². The van der Waals surface area contributed by atoms with Crippen LogP contribution in [0.5, 0.6) is 0 Å². The maximum atomic E-state index is 12.9. The van der Waals surface area contributed by atoms with Gasteiger partial charge in [0, 0.05) is 29.9 Å². The van der Waals surface area contributed by atoms with Gasteiger partial charge in [-0.3, -0.25) is 4.79 Å². The number of nitrogens with one attached hydrogen (secondary N) is 1. The predicted octanol–water partition coefficient (Wildman–Crippen LogP) is 4.63. The zero-order valence-corrected chi connectivity index (χ0v) is 18.5. The number of rotatable bonds is 6. The number of amides is 1. The van der Waals surface area contributed by atoms with Crippen LogP contribution in [0.15, 0.2) is 41.9 Å². The summed E-state index contributed by atoms with van der Waals surface area (Å²) < 4.78 is 1.91. The minimum atomic E-state index is -0.996. The molecule has 0 radical (unpaired) electrons. The molecule has 1 saturated heterocycles. The van der Waals surface area contributed by atoms with Crippen molar-refractivity contribution in [3.8, 4) is 0 Å². The second kappa shape index (κ2) is 8.93. The van der Waals surface area contributed by atoms with Gasteiger partial charge in [-0.1, -0.05) is 0 Å². The SMILES string of the molecule is Cc1cc(C(=O)Nc2ccc(C(=O)O)cc2)n(Cc2csc(N3CCCCC3C)n2)c1. The molecule has 0 saturated carbocycles. The van der Waals surface area contributed by atoms with Crippen LogP contribution < -0.4 is 10.2 Å². The number of thiazole rings is 1. The second-order valence-electron chi connectivity index (χ2n) is 8.03. The average molecular weight is 439 g/mol.